The number of amides is 2. The highest BCUT2D eigenvalue weighted by atomic mass is 79.9. The molecule has 0 spiro atoms. The normalized spacial score (nSPS) is 10.3. The molecule has 2 aromatic carbocycles. The summed E-state index contributed by atoms with van der Waals surface area (Å²) in [7, 11) is 0. The van der Waals surface area contributed by atoms with Crippen molar-refractivity contribution in [3.8, 4) is 0 Å². The maximum Gasteiger partial charge on any atom is 0.254 e. The Morgan fingerprint density at radius 2 is 1.87 bits per heavy atom. The molecule has 0 aromatic heterocycles. The number of benzene rings is 2. The van der Waals surface area contributed by atoms with Crippen molar-refractivity contribution in [2.24, 2.45) is 0 Å². The minimum atomic E-state index is -0.980. The summed E-state index contributed by atoms with van der Waals surface area (Å²) in [6, 6.07) is 7.94. The van der Waals surface area contributed by atoms with Crippen LogP contribution in [0, 0.1) is 18.6 Å². The largest absolute Gasteiger partial charge is 0.343 e. The third-order valence-electron chi connectivity index (χ3n) is 3.05. The van der Waals surface area contributed by atoms with E-state index in [1.165, 1.54) is 0 Å². The second-order valence-corrected chi connectivity index (χ2v) is 5.73. The number of carbonyl (C=O) groups is 2. The van der Waals surface area contributed by atoms with Gasteiger partial charge in [-0.15, -0.1) is 0 Å². The molecule has 0 heterocycles. The van der Waals surface area contributed by atoms with Crippen LogP contribution in [0.2, 0.25) is 0 Å². The lowest BCUT2D eigenvalue weighted by molar-refractivity contribution is -0.115. The van der Waals surface area contributed by atoms with E-state index >= 15 is 0 Å². The fraction of sp³-hybridized carbons (Fsp3) is 0.125. The molecule has 120 valence electrons. The van der Waals surface area contributed by atoms with Crippen molar-refractivity contribution in [2.45, 2.75) is 6.92 Å². The van der Waals surface area contributed by atoms with E-state index in [-0.39, 0.29) is 12.1 Å². The highest BCUT2D eigenvalue weighted by molar-refractivity contribution is 9.10. The van der Waals surface area contributed by atoms with Gasteiger partial charge >= 0.3 is 0 Å². The first-order valence-corrected chi connectivity index (χ1v) is 7.45. The number of hydrogen-bond acceptors (Lipinski definition) is 2. The monoisotopic (exact) mass is 382 g/mol. The number of anilines is 1. The second-order valence-electron chi connectivity index (χ2n) is 4.81. The predicted molar refractivity (Wildman–Crippen MR) is 86.2 cm³/mol. The summed E-state index contributed by atoms with van der Waals surface area (Å²) < 4.78 is 27.1. The SMILES string of the molecule is Cc1cc(Br)ccc1NC(=O)CNC(=O)c1ccc(F)cc1F. The molecule has 0 aliphatic rings. The minimum Gasteiger partial charge on any atom is -0.343 e. The second kappa shape index (κ2) is 7.32. The van der Waals surface area contributed by atoms with Gasteiger partial charge in [0.2, 0.25) is 5.91 Å². The lowest BCUT2D eigenvalue weighted by atomic mass is 10.2. The van der Waals surface area contributed by atoms with Gasteiger partial charge in [0.25, 0.3) is 5.91 Å². The Kier molecular flexibility index (Phi) is 5.44. The van der Waals surface area contributed by atoms with Gasteiger partial charge in [-0.25, -0.2) is 8.78 Å². The number of carbonyl (C=O) groups excluding carboxylic acids is 2. The summed E-state index contributed by atoms with van der Waals surface area (Å²) in [5.41, 5.74) is 1.14. The molecule has 0 aliphatic carbocycles. The van der Waals surface area contributed by atoms with E-state index < -0.39 is 23.4 Å². The van der Waals surface area contributed by atoms with Gasteiger partial charge in [0.1, 0.15) is 11.6 Å². The number of aryl methyl sites for hydroxylation is 1. The van der Waals surface area contributed by atoms with Crippen LogP contribution < -0.4 is 10.6 Å². The van der Waals surface area contributed by atoms with Crippen molar-refractivity contribution in [1.82, 2.24) is 5.32 Å². The van der Waals surface area contributed by atoms with E-state index in [0.717, 1.165) is 22.2 Å². The number of nitrogens with one attached hydrogen (secondary N) is 2. The third-order valence-corrected chi connectivity index (χ3v) is 3.54. The van der Waals surface area contributed by atoms with E-state index in [0.29, 0.717) is 11.8 Å². The fourth-order valence-corrected chi connectivity index (χ4v) is 2.37. The zero-order chi connectivity index (χ0) is 17.0. The topological polar surface area (TPSA) is 58.2 Å². The number of rotatable bonds is 4. The van der Waals surface area contributed by atoms with Crippen LogP contribution in [0.15, 0.2) is 40.9 Å². The van der Waals surface area contributed by atoms with Gasteiger partial charge in [-0.05, 0) is 42.8 Å². The molecule has 0 radical (unpaired) electrons. The predicted octanol–water partition coefficient (Wildman–Crippen LogP) is 3.40. The molecule has 23 heavy (non-hydrogen) atoms. The molecular weight excluding hydrogens is 370 g/mol. The molecule has 0 aliphatic heterocycles. The quantitative estimate of drug-likeness (QED) is 0.851. The molecule has 2 amide bonds. The first-order valence-electron chi connectivity index (χ1n) is 6.66. The average molecular weight is 383 g/mol. The summed E-state index contributed by atoms with van der Waals surface area (Å²) in [4.78, 5) is 23.6. The smallest absolute Gasteiger partial charge is 0.254 e. The first kappa shape index (κ1) is 17.1. The summed E-state index contributed by atoms with van der Waals surface area (Å²) >= 11 is 3.32. The van der Waals surface area contributed by atoms with E-state index in [4.69, 9.17) is 0 Å². The molecule has 4 nitrogen and oxygen atoms in total. The molecule has 2 N–H and O–H groups in total. The molecule has 0 fully saturated rings. The van der Waals surface area contributed by atoms with Crippen molar-refractivity contribution in [2.75, 3.05) is 11.9 Å². The van der Waals surface area contributed by atoms with Crippen LogP contribution in [0.5, 0.6) is 0 Å². The average Bonchev–Trinajstić information content (AvgIpc) is 2.48. The Balaban J connectivity index is 1.94. The lowest BCUT2D eigenvalue weighted by Gasteiger charge is -2.10. The zero-order valence-corrected chi connectivity index (χ0v) is 13.7. The minimum absolute atomic E-state index is 0.320. The molecular formula is C16H13BrF2N2O2. The molecule has 7 heteroatoms. The fourth-order valence-electron chi connectivity index (χ4n) is 1.89. The molecule has 0 unspecified atom stereocenters. The van der Waals surface area contributed by atoms with Crippen LogP contribution in [0.25, 0.3) is 0 Å². The zero-order valence-electron chi connectivity index (χ0n) is 12.1. The van der Waals surface area contributed by atoms with E-state index in [9.17, 15) is 18.4 Å². The summed E-state index contributed by atoms with van der Waals surface area (Å²) in [6.07, 6.45) is 0. The molecule has 0 atom stereocenters. The van der Waals surface area contributed by atoms with Gasteiger partial charge in [0, 0.05) is 16.2 Å². The third kappa shape index (κ3) is 4.59. The summed E-state index contributed by atoms with van der Waals surface area (Å²) in [6.45, 7) is 1.50. The highest BCUT2D eigenvalue weighted by Crippen LogP contribution is 2.19. The molecule has 0 saturated heterocycles. The number of hydrogen-bond donors (Lipinski definition) is 2. The van der Waals surface area contributed by atoms with Gasteiger partial charge < -0.3 is 10.6 Å². The van der Waals surface area contributed by atoms with Crippen molar-refractivity contribution in [3.63, 3.8) is 0 Å². The number of halogens is 3. The summed E-state index contributed by atoms with van der Waals surface area (Å²) in [5.74, 6) is -2.99. The van der Waals surface area contributed by atoms with E-state index in [1.807, 2.05) is 13.0 Å². The van der Waals surface area contributed by atoms with Gasteiger partial charge in [-0.1, -0.05) is 15.9 Å². The van der Waals surface area contributed by atoms with Gasteiger partial charge in [-0.3, -0.25) is 9.59 Å². The van der Waals surface area contributed by atoms with Crippen molar-refractivity contribution in [1.29, 1.82) is 0 Å². The lowest BCUT2D eigenvalue weighted by Crippen LogP contribution is -2.33. The van der Waals surface area contributed by atoms with Crippen molar-refractivity contribution in [3.05, 3.63) is 63.6 Å². The van der Waals surface area contributed by atoms with Crippen LogP contribution >= 0.6 is 15.9 Å². The van der Waals surface area contributed by atoms with Crippen LogP contribution in [-0.4, -0.2) is 18.4 Å². The standard InChI is InChI=1S/C16H13BrF2N2O2/c1-9-6-10(17)2-5-14(9)21-15(22)8-20-16(23)12-4-3-11(18)7-13(12)19/h2-7H,8H2,1H3,(H,20,23)(H,21,22). The molecule has 2 rings (SSSR count). The van der Waals surface area contributed by atoms with E-state index in [2.05, 4.69) is 26.6 Å². The van der Waals surface area contributed by atoms with Crippen LogP contribution in [0.1, 0.15) is 15.9 Å². The maximum atomic E-state index is 13.5. The van der Waals surface area contributed by atoms with Crippen LogP contribution in [0.3, 0.4) is 0 Å². The van der Waals surface area contributed by atoms with E-state index in [1.54, 1.807) is 12.1 Å². The van der Waals surface area contributed by atoms with Crippen molar-refractivity contribution >= 4 is 33.4 Å². The molecule has 0 bridgehead atoms. The maximum absolute atomic E-state index is 13.5. The Bertz CT molecular complexity index is 766. The van der Waals surface area contributed by atoms with Gasteiger partial charge in [0.15, 0.2) is 0 Å². The first-order chi connectivity index (χ1) is 10.9. The summed E-state index contributed by atoms with van der Waals surface area (Å²) in [5, 5.41) is 4.93. The van der Waals surface area contributed by atoms with Crippen molar-refractivity contribution < 1.29 is 18.4 Å². The van der Waals surface area contributed by atoms with Crippen LogP contribution in [-0.2, 0) is 4.79 Å². The van der Waals surface area contributed by atoms with Crippen LogP contribution in [0.4, 0.5) is 14.5 Å². The Morgan fingerprint density at radius 3 is 2.52 bits per heavy atom. The Labute approximate surface area is 140 Å². The highest BCUT2D eigenvalue weighted by Gasteiger charge is 2.13. The Hall–Kier alpha value is -2.28. The Morgan fingerprint density at radius 1 is 1.13 bits per heavy atom. The molecule has 0 saturated carbocycles. The van der Waals surface area contributed by atoms with Gasteiger partial charge in [-0.2, -0.15) is 0 Å². The van der Waals surface area contributed by atoms with Gasteiger partial charge in [0.05, 0.1) is 12.1 Å². The molecule has 2 aromatic rings.